The van der Waals surface area contributed by atoms with Crippen LogP contribution in [0.5, 0.6) is 0 Å². The highest BCUT2D eigenvalue weighted by Gasteiger charge is 2.21. The molecule has 0 saturated heterocycles. The first-order valence-electron chi connectivity index (χ1n) is 13.5. The summed E-state index contributed by atoms with van der Waals surface area (Å²) in [4.78, 5) is 9.62. The number of rotatable bonds is 2. The summed E-state index contributed by atoms with van der Waals surface area (Å²) in [5.74, 6) is 0. The van der Waals surface area contributed by atoms with Crippen LogP contribution in [-0.2, 0) is 0 Å². The zero-order valence-corrected chi connectivity index (χ0v) is 21.5. The van der Waals surface area contributed by atoms with Gasteiger partial charge in [-0.1, -0.05) is 78.9 Å². The van der Waals surface area contributed by atoms with Crippen LogP contribution in [0.3, 0.4) is 0 Å². The average Bonchev–Trinajstić information content (AvgIpc) is 3.58. The first kappa shape index (κ1) is 21.5. The Balaban J connectivity index is 1.53. The summed E-state index contributed by atoms with van der Waals surface area (Å²) in [6, 6.07) is 43.2. The molecular formula is C36H22N4. The lowest BCUT2D eigenvalue weighted by Crippen LogP contribution is -1.97. The molecule has 0 N–H and O–H groups in total. The van der Waals surface area contributed by atoms with E-state index in [4.69, 9.17) is 4.98 Å². The first-order valence-corrected chi connectivity index (χ1v) is 13.5. The van der Waals surface area contributed by atoms with Crippen LogP contribution in [0.2, 0.25) is 0 Å². The van der Waals surface area contributed by atoms with E-state index in [9.17, 15) is 0 Å². The van der Waals surface area contributed by atoms with E-state index in [-0.39, 0.29) is 0 Å². The van der Waals surface area contributed by atoms with Gasteiger partial charge >= 0.3 is 0 Å². The summed E-state index contributed by atoms with van der Waals surface area (Å²) in [6.45, 7) is 0. The van der Waals surface area contributed by atoms with Gasteiger partial charge in [0, 0.05) is 39.8 Å². The summed E-state index contributed by atoms with van der Waals surface area (Å²) < 4.78 is 4.75. The molecule has 4 heteroatoms. The molecule has 0 fully saturated rings. The number of pyridine rings is 2. The number of fused-ring (bicyclic) bond motifs is 12. The van der Waals surface area contributed by atoms with Crippen molar-refractivity contribution in [3.05, 3.63) is 134 Å². The van der Waals surface area contributed by atoms with Gasteiger partial charge in [0.2, 0.25) is 0 Å². The van der Waals surface area contributed by atoms with E-state index < -0.39 is 0 Å². The Bertz CT molecular complexity index is 2430. The van der Waals surface area contributed by atoms with E-state index in [1.54, 1.807) is 0 Å². The van der Waals surface area contributed by atoms with E-state index in [0.29, 0.717) is 0 Å². The molecule has 4 nitrogen and oxygen atoms in total. The second-order valence-corrected chi connectivity index (χ2v) is 10.3. The van der Waals surface area contributed by atoms with Gasteiger partial charge in [-0.2, -0.15) is 0 Å². The molecule has 9 aromatic rings. The Labute approximate surface area is 229 Å². The Kier molecular flexibility index (Phi) is 4.30. The third-order valence-electron chi connectivity index (χ3n) is 8.16. The van der Waals surface area contributed by atoms with Crippen LogP contribution in [0.1, 0.15) is 0 Å². The fraction of sp³-hybridized carbons (Fsp3) is 0. The minimum absolute atomic E-state index is 0.980. The van der Waals surface area contributed by atoms with Gasteiger partial charge in [0.25, 0.3) is 0 Å². The highest BCUT2D eigenvalue weighted by molar-refractivity contribution is 6.27. The van der Waals surface area contributed by atoms with E-state index >= 15 is 0 Å². The van der Waals surface area contributed by atoms with Crippen molar-refractivity contribution < 1.29 is 0 Å². The van der Waals surface area contributed by atoms with Crippen molar-refractivity contribution in [2.75, 3.05) is 0 Å². The van der Waals surface area contributed by atoms with Gasteiger partial charge in [-0.3, -0.25) is 9.38 Å². The third kappa shape index (κ3) is 2.85. The number of imidazole rings is 1. The molecule has 0 bridgehead atoms. The highest BCUT2D eigenvalue weighted by Crippen LogP contribution is 2.41. The number of aromatic nitrogens is 4. The lowest BCUT2D eigenvalue weighted by molar-refractivity contribution is 1.18. The molecule has 9 rings (SSSR count). The summed E-state index contributed by atoms with van der Waals surface area (Å²) in [6.07, 6.45) is 3.74. The molecule has 0 amide bonds. The van der Waals surface area contributed by atoms with Gasteiger partial charge in [-0.25, -0.2) is 4.98 Å². The van der Waals surface area contributed by atoms with Gasteiger partial charge in [0.15, 0.2) is 0 Å². The predicted octanol–water partition coefficient (Wildman–Crippen LogP) is 8.95. The van der Waals surface area contributed by atoms with Crippen molar-refractivity contribution in [3.8, 4) is 16.8 Å². The van der Waals surface area contributed by atoms with Gasteiger partial charge in [0.05, 0.1) is 33.0 Å². The molecule has 0 atom stereocenters. The quantitative estimate of drug-likeness (QED) is 0.218. The zero-order chi connectivity index (χ0) is 26.2. The summed E-state index contributed by atoms with van der Waals surface area (Å²) >= 11 is 0. The van der Waals surface area contributed by atoms with Crippen LogP contribution >= 0.6 is 0 Å². The Morgan fingerprint density at radius 2 is 1.25 bits per heavy atom. The Morgan fingerprint density at radius 3 is 2.10 bits per heavy atom. The molecule has 0 unspecified atom stereocenters. The number of hydrogen-bond acceptors (Lipinski definition) is 2. The first-order chi connectivity index (χ1) is 19.9. The van der Waals surface area contributed by atoms with Gasteiger partial charge in [0.1, 0.15) is 5.65 Å². The number of benzene rings is 5. The van der Waals surface area contributed by atoms with Crippen LogP contribution in [-0.4, -0.2) is 18.9 Å². The van der Waals surface area contributed by atoms with Crippen LogP contribution < -0.4 is 0 Å². The van der Waals surface area contributed by atoms with Crippen LogP contribution in [0.15, 0.2) is 134 Å². The number of nitrogens with zero attached hydrogens (tertiary/aromatic N) is 4. The second kappa shape index (κ2) is 8.01. The zero-order valence-electron chi connectivity index (χ0n) is 21.5. The maximum atomic E-state index is 5.26. The number of hydrogen-bond donors (Lipinski definition) is 0. The molecule has 0 aliphatic heterocycles. The lowest BCUT2D eigenvalue weighted by atomic mass is 10.0. The summed E-state index contributed by atoms with van der Waals surface area (Å²) in [5, 5.41) is 6.04. The lowest BCUT2D eigenvalue weighted by Gasteiger charge is -2.14. The van der Waals surface area contributed by atoms with Gasteiger partial charge in [-0.05, 0) is 53.4 Å². The summed E-state index contributed by atoms with van der Waals surface area (Å²) in [5.41, 5.74) is 9.97. The van der Waals surface area contributed by atoms with Crippen LogP contribution in [0, 0.1) is 0 Å². The minimum Gasteiger partial charge on any atom is -0.308 e. The molecule has 5 aromatic carbocycles. The standard InChI is InChI=1S/C36H22N4/c1-5-16-32-26(12-1)28-18-19-29-27-13-2-4-15-31(27)39(25-11-7-9-23(21-25)24-10-8-20-37-22-24)35(29)34(28)36-38-30-14-3-6-17-33(30)40(32)36/h1-22H. The number of para-hydroxylation sites is 4. The van der Waals surface area contributed by atoms with Gasteiger partial charge in [-0.15, -0.1) is 0 Å². The van der Waals surface area contributed by atoms with E-state index in [2.05, 4.69) is 129 Å². The predicted molar refractivity (Wildman–Crippen MR) is 165 cm³/mol. The van der Waals surface area contributed by atoms with E-state index in [1.807, 2.05) is 18.5 Å². The normalized spacial score (nSPS) is 12.0. The van der Waals surface area contributed by atoms with Crippen molar-refractivity contribution in [3.63, 3.8) is 0 Å². The van der Waals surface area contributed by atoms with Crippen LogP contribution in [0.4, 0.5) is 0 Å². The smallest absolute Gasteiger partial charge is 0.148 e. The van der Waals surface area contributed by atoms with E-state index in [0.717, 1.165) is 38.9 Å². The summed E-state index contributed by atoms with van der Waals surface area (Å²) in [7, 11) is 0. The van der Waals surface area contributed by atoms with Crippen molar-refractivity contribution in [1.29, 1.82) is 0 Å². The molecule has 40 heavy (non-hydrogen) atoms. The van der Waals surface area contributed by atoms with Crippen molar-refractivity contribution in [2.45, 2.75) is 0 Å². The third-order valence-corrected chi connectivity index (χ3v) is 8.16. The SMILES string of the molecule is c1cncc(-c2cccc(-n3c4ccccc4c4ccc5c6ccccc6n6c7ccccc7nc6c5c43)c2)c1. The fourth-order valence-corrected chi connectivity index (χ4v) is 6.47. The Morgan fingerprint density at radius 1 is 0.525 bits per heavy atom. The molecule has 0 radical (unpaired) electrons. The minimum atomic E-state index is 0.980. The molecular weight excluding hydrogens is 488 g/mol. The topological polar surface area (TPSA) is 35.1 Å². The highest BCUT2D eigenvalue weighted by atomic mass is 15.0. The van der Waals surface area contributed by atoms with Gasteiger partial charge < -0.3 is 4.57 Å². The van der Waals surface area contributed by atoms with Crippen molar-refractivity contribution in [2.24, 2.45) is 0 Å². The maximum Gasteiger partial charge on any atom is 0.148 e. The largest absolute Gasteiger partial charge is 0.308 e. The fourth-order valence-electron chi connectivity index (χ4n) is 6.47. The van der Waals surface area contributed by atoms with Crippen molar-refractivity contribution in [1.82, 2.24) is 18.9 Å². The monoisotopic (exact) mass is 510 g/mol. The van der Waals surface area contributed by atoms with Crippen molar-refractivity contribution >= 4 is 60.2 Å². The van der Waals surface area contributed by atoms with E-state index in [1.165, 1.54) is 38.1 Å². The average molecular weight is 511 g/mol. The molecule has 0 spiro atoms. The Hall–Kier alpha value is -5.48. The molecule has 0 saturated carbocycles. The van der Waals surface area contributed by atoms with Crippen LogP contribution in [0.25, 0.3) is 77.0 Å². The molecule has 0 aliphatic rings. The second-order valence-electron chi connectivity index (χ2n) is 10.3. The molecule has 4 aromatic heterocycles. The maximum absolute atomic E-state index is 5.26. The molecule has 0 aliphatic carbocycles. The molecule has 4 heterocycles. The molecule has 186 valence electrons.